The number of pyridine rings is 1. The van der Waals surface area contributed by atoms with Gasteiger partial charge >= 0.3 is 11.9 Å². The first-order valence-electron chi connectivity index (χ1n) is 8.05. The molecule has 1 aromatic carbocycles. The minimum atomic E-state index is -0.472. The number of aryl methyl sites for hydroxylation is 1. The van der Waals surface area contributed by atoms with E-state index in [0.29, 0.717) is 5.92 Å². The zero-order valence-corrected chi connectivity index (χ0v) is 14.5. The van der Waals surface area contributed by atoms with Crippen molar-refractivity contribution in [3.05, 3.63) is 63.6 Å². The molecule has 0 amide bonds. The van der Waals surface area contributed by atoms with E-state index in [1.807, 2.05) is 6.92 Å². The van der Waals surface area contributed by atoms with Gasteiger partial charge in [-0.25, -0.2) is 4.79 Å². The molecule has 1 fully saturated rings. The minimum Gasteiger partial charge on any atom is -0.219 e. The molecule has 1 aromatic heterocycles. The third-order valence-corrected chi connectivity index (χ3v) is 5.84. The van der Waals surface area contributed by atoms with Gasteiger partial charge in [0.25, 0.3) is 0 Å². The van der Waals surface area contributed by atoms with Gasteiger partial charge in [0.2, 0.25) is 0 Å². The van der Waals surface area contributed by atoms with Crippen molar-refractivity contribution < 1.29 is 13.8 Å². The normalized spacial score (nSPS) is 25.3. The van der Waals surface area contributed by atoms with E-state index < -0.39 is 5.95 Å². The molecule has 0 spiro atoms. The Balaban J connectivity index is 1.76. The summed E-state index contributed by atoms with van der Waals surface area (Å²) in [5.41, 5.74) is 3.51. The summed E-state index contributed by atoms with van der Waals surface area (Å²) in [5.74, 6) is -0.141. The maximum atomic E-state index is 14.1. The monoisotopic (exact) mass is 374 g/mol. The first-order valence-corrected chi connectivity index (χ1v) is 8.84. The van der Waals surface area contributed by atoms with Crippen molar-refractivity contribution in [1.82, 2.24) is 0 Å². The van der Waals surface area contributed by atoms with Crippen LogP contribution in [0.15, 0.2) is 41.0 Å². The van der Waals surface area contributed by atoms with Gasteiger partial charge in [0.1, 0.15) is 0 Å². The number of carbonyl (C=O) groups excluding carboxylic acids is 1. The molecule has 2 aliphatic carbocycles. The van der Waals surface area contributed by atoms with E-state index in [-0.39, 0.29) is 17.7 Å². The van der Waals surface area contributed by atoms with Crippen molar-refractivity contribution in [2.45, 2.75) is 32.1 Å². The summed E-state index contributed by atoms with van der Waals surface area (Å²) in [5, 5.41) is 0. The molecule has 2 aliphatic rings. The summed E-state index contributed by atoms with van der Waals surface area (Å²) in [6.45, 7) is 1.88. The molecule has 0 aliphatic heterocycles. The highest BCUT2D eigenvalue weighted by atomic mass is 79.9. The molecule has 2 nitrogen and oxygen atoms in total. The second-order valence-electron chi connectivity index (χ2n) is 6.75. The van der Waals surface area contributed by atoms with Crippen LogP contribution in [0, 0.1) is 24.7 Å². The van der Waals surface area contributed by atoms with Crippen molar-refractivity contribution in [3.63, 3.8) is 0 Å². The Bertz CT molecular complexity index is 804. The Labute approximate surface area is 143 Å². The third-order valence-electron chi connectivity index (χ3n) is 5.35. The van der Waals surface area contributed by atoms with E-state index >= 15 is 0 Å². The van der Waals surface area contributed by atoms with Crippen LogP contribution in [0.4, 0.5) is 4.39 Å². The van der Waals surface area contributed by atoms with Crippen LogP contribution in [0.2, 0.25) is 0 Å². The van der Waals surface area contributed by atoms with E-state index in [1.54, 1.807) is 12.3 Å². The van der Waals surface area contributed by atoms with Crippen LogP contribution in [0.1, 0.15) is 40.2 Å². The second kappa shape index (κ2) is 5.52. The van der Waals surface area contributed by atoms with Crippen LogP contribution in [0.3, 0.4) is 0 Å². The Morgan fingerprint density at radius 2 is 2.09 bits per heavy atom. The Hall–Kier alpha value is -1.55. The lowest BCUT2D eigenvalue weighted by molar-refractivity contribution is -0.610. The SMILES string of the molecule is Cc1ccc(F)[n+](C(=O)C2[C@H]3CC[C@@H]2c2cc(Br)ccc2C3)c1. The van der Waals surface area contributed by atoms with Crippen LogP contribution in [0.25, 0.3) is 0 Å². The fraction of sp³-hybridized carbons (Fsp3) is 0.368. The first-order chi connectivity index (χ1) is 11.0. The smallest absolute Gasteiger partial charge is 0.219 e. The molecule has 0 radical (unpaired) electrons. The van der Waals surface area contributed by atoms with Crippen LogP contribution in [-0.4, -0.2) is 5.91 Å². The molecular formula is C19H18BrFNO+. The molecule has 3 atom stereocenters. The molecule has 0 N–H and O–H groups in total. The van der Waals surface area contributed by atoms with E-state index in [2.05, 4.69) is 34.1 Å². The molecule has 1 heterocycles. The van der Waals surface area contributed by atoms with Crippen molar-refractivity contribution >= 4 is 21.8 Å². The molecular weight excluding hydrogens is 357 g/mol. The Morgan fingerprint density at radius 3 is 2.91 bits per heavy atom. The highest BCUT2D eigenvalue weighted by molar-refractivity contribution is 9.10. The van der Waals surface area contributed by atoms with Crippen molar-refractivity contribution in [3.8, 4) is 0 Å². The van der Waals surface area contributed by atoms with Gasteiger partial charge in [-0.15, -0.1) is 8.96 Å². The summed E-state index contributed by atoms with van der Waals surface area (Å²) >= 11 is 3.53. The van der Waals surface area contributed by atoms with Crippen LogP contribution in [0.5, 0.6) is 0 Å². The van der Waals surface area contributed by atoms with E-state index in [1.165, 1.54) is 21.8 Å². The zero-order valence-electron chi connectivity index (χ0n) is 12.9. The predicted molar refractivity (Wildman–Crippen MR) is 88.8 cm³/mol. The van der Waals surface area contributed by atoms with Crippen molar-refractivity contribution in [2.24, 2.45) is 11.8 Å². The number of rotatable bonds is 1. The average molecular weight is 375 g/mol. The summed E-state index contributed by atoms with van der Waals surface area (Å²) in [6.07, 6.45) is 4.59. The number of carbonyl (C=O) groups is 1. The van der Waals surface area contributed by atoms with Crippen LogP contribution < -0.4 is 4.57 Å². The molecule has 23 heavy (non-hydrogen) atoms. The Kier molecular flexibility index (Phi) is 3.60. The van der Waals surface area contributed by atoms with Gasteiger partial charge in [0.15, 0.2) is 6.20 Å². The fourth-order valence-corrected chi connectivity index (χ4v) is 4.71. The lowest BCUT2D eigenvalue weighted by Crippen LogP contribution is -2.52. The number of hydrogen-bond donors (Lipinski definition) is 0. The van der Waals surface area contributed by atoms with E-state index in [0.717, 1.165) is 29.3 Å². The van der Waals surface area contributed by atoms with Gasteiger partial charge in [0.05, 0.1) is 5.92 Å². The lowest BCUT2D eigenvalue weighted by atomic mass is 9.74. The van der Waals surface area contributed by atoms with Crippen LogP contribution in [-0.2, 0) is 6.42 Å². The van der Waals surface area contributed by atoms with Gasteiger partial charge in [-0.2, -0.15) is 0 Å². The summed E-state index contributed by atoms with van der Waals surface area (Å²) in [6, 6.07) is 9.43. The molecule has 1 saturated carbocycles. The van der Waals surface area contributed by atoms with Crippen molar-refractivity contribution in [1.29, 1.82) is 0 Å². The number of fused-ring (bicyclic) bond motifs is 4. The first kappa shape index (κ1) is 15.0. The molecule has 118 valence electrons. The zero-order chi connectivity index (χ0) is 16.1. The topological polar surface area (TPSA) is 20.9 Å². The minimum absolute atomic E-state index is 0.0932. The number of hydrogen-bond acceptors (Lipinski definition) is 1. The number of aromatic nitrogens is 1. The highest BCUT2D eigenvalue weighted by Crippen LogP contribution is 2.51. The Morgan fingerprint density at radius 1 is 1.26 bits per heavy atom. The maximum absolute atomic E-state index is 14.1. The second-order valence-corrected chi connectivity index (χ2v) is 7.67. The summed E-state index contributed by atoms with van der Waals surface area (Å²) in [4.78, 5) is 13.0. The molecule has 4 rings (SSSR count). The van der Waals surface area contributed by atoms with Gasteiger partial charge < -0.3 is 0 Å². The molecule has 0 saturated heterocycles. The standard InChI is InChI=1S/C19H18BrFNO/c1-11-2-7-17(21)22(10-11)19(23)18-13-4-6-15(18)16-9-14(20)5-3-12(16)8-13/h2-3,5,7,9-10,13,15,18H,4,6,8H2,1H3/q+1/t13-,15+,18?/m0/s1. The van der Waals surface area contributed by atoms with Gasteiger partial charge in [-0.05, 0) is 61.4 Å². The molecule has 1 unspecified atom stereocenters. The third kappa shape index (κ3) is 2.44. The lowest BCUT2D eigenvalue weighted by Gasteiger charge is -2.28. The average Bonchev–Trinajstić information content (AvgIpc) is 2.85. The van der Waals surface area contributed by atoms with E-state index in [9.17, 15) is 9.18 Å². The van der Waals surface area contributed by atoms with Crippen molar-refractivity contribution in [2.75, 3.05) is 0 Å². The number of nitrogens with zero attached hydrogens (tertiary/aromatic N) is 1. The predicted octanol–water partition coefficient (Wildman–Crippen LogP) is 4.19. The molecule has 4 heteroatoms. The maximum Gasteiger partial charge on any atom is 0.398 e. The highest BCUT2D eigenvalue weighted by Gasteiger charge is 2.50. The summed E-state index contributed by atoms with van der Waals surface area (Å²) in [7, 11) is 0. The van der Waals surface area contributed by atoms with E-state index in [4.69, 9.17) is 0 Å². The van der Waals surface area contributed by atoms with Gasteiger partial charge in [-0.3, -0.25) is 0 Å². The largest absolute Gasteiger partial charge is 0.398 e. The summed E-state index contributed by atoms with van der Waals surface area (Å²) < 4.78 is 16.4. The quantitative estimate of drug-likeness (QED) is 0.541. The molecule has 2 aromatic rings. The fourth-order valence-electron chi connectivity index (χ4n) is 4.33. The van der Waals surface area contributed by atoms with Gasteiger partial charge in [0, 0.05) is 22.0 Å². The van der Waals surface area contributed by atoms with Crippen LogP contribution >= 0.6 is 15.9 Å². The number of benzene rings is 1. The van der Waals surface area contributed by atoms with Gasteiger partial charge in [-0.1, -0.05) is 22.0 Å². The molecule has 2 bridgehead atoms. The number of halogens is 2.